The first-order valence-corrected chi connectivity index (χ1v) is 10.3. The third-order valence-corrected chi connectivity index (χ3v) is 4.37. The summed E-state index contributed by atoms with van der Waals surface area (Å²) in [6, 6.07) is 0. The lowest BCUT2D eigenvalue weighted by Crippen LogP contribution is -2.52. The van der Waals surface area contributed by atoms with Gasteiger partial charge in [0.1, 0.15) is 5.78 Å². The van der Waals surface area contributed by atoms with Crippen LogP contribution in [0.15, 0.2) is 45.8 Å². The van der Waals surface area contributed by atoms with E-state index in [9.17, 15) is 4.79 Å². The molecule has 0 rings (SSSR count). The van der Waals surface area contributed by atoms with E-state index >= 15 is 0 Å². The van der Waals surface area contributed by atoms with Crippen molar-refractivity contribution in [3.05, 3.63) is 35.8 Å². The molecule has 0 aromatic heterocycles. The number of carbonyl (C=O) groups excluding carboxylic acids is 1. The lowest BCUT2D eigenvalue weighted by Gasteiger charge is -2.45. The predicted molar refractivity (Wildman–Crippen MR) is 121 cm³/mol. The van der Waals surface area contributed by atoms with E-state index in [1.165, 1.54) is 0 Å². The van der Waals surface area contributed by atoms with E-state index < -0.39 is 0 Å². The van der Waals surface area contributed by atoms with Crippen LogP contribution < -0.4 is 0 Å². The molecule has 0 N–H and O–H groups in total. The number of carbonyl (C=O) groups is 1. The topological polar surface area (TPSA) is 51.5 Å². The second kappa shape index (κ2) is 14.8. The van der Waals surface area contributed by atoms with Crippen LogP contribution in [-0.4, -0.2) is 60.0 Å². The van der Waals surface area contributed by atoms with Crippen molar-refractivity contribution in [3.8, 4) is 0 Å². The van der Waals surface area contributed by atoms with Gasteiger partial charge < -0.3 is 0 Å². The largest absolute Gasteiger partial charge is 0.299 e. The minimum atomic E-state index is 0.222. The van der Waals surface area contributed by atoms with E-state index in [0.717, 1.165) is 43.0 Å². The zero-order valence-corrected chi connectivity index (χ0v) is 18.7. The first-order chi connectivity index (χ1) is 13.4. The summed E-state index contributed by atoms with van der Waals surface area (Å²) in [6.07, 6.45) is 7.11. The van der Waals surface area contributed by atoms with Gasteiger partial charge in [-0.3, -0.25) is 24.8 Å². The summed E-state index contributed by atoms with van der Waals surface area (Å²) in [5.41, 5.74) is 2.93. The summed E-state index contributed by atoms with van der Waals surface area (Å²) >= 11 is 0. The molecule has 0 aliphatic heterocycles. The Morgan fingerprint density at radius 1 is 0.964 bits per heavy atom. The highest BCUT2D eigenvalue weighted by molar-refractivity contribution is 5.91. The average Bonchev–Trinajstić information content (AvgIpc) is 2.71. The van der Waals surface area contributed by atoms with Gasteiger partial charge in [0.2, 0.25) is 0 Å². The number of hydrogen-bond acceptors (Lipinski definition) is 6. The molecule has 0 aliphatic carbocycles. The molecule has 0 heterocycles. The van der Waals surface area contributed by atoms with Gasteiger partial charge in [0, 0.05) is 62.8 Å². The number of aliphatic imine (C=N–C) groups is 2. The van der Waals surface area contributed by atoms with Crippen LogP contribution in [0.3, 0.4) is 0 Å². The van der Waals surface area contributed by atoms with Crippen LogP contribution in [0.1, 0.15) is 60.8 Å². The molecule has 0 unspecified atom stereocenters. The number of allylic oxidation sites excluding steroid dienone is 3. The fourth-order valence-electron chi connectivity index (χ4n) is 3.04. The smallest absolute Gasteiger partial charge is 0.137 e. The molecule has 0 spiro atoms. The van der Waals surface area contributed by atoms with E-state index in [0.29, 0.717) is 19.4 Å². The zero-order chi connectivity index (χ0) is 21.5. The summed E-state index contributed by atoms with van der Waals surface area (Å²) in [7, 11) is 0. The molecule has 0 bridgehead atoms. The van der Waals surface area contributed by atoms with Crippen LogP contribution in [-0.2, 0) is 4.79 Å². The predicted octanol–water partition coefficient (Wildman–Crippen LogP) is 4.63. The molecular weight excluding hydrogens is 350 g/mol. The highest BCUT2D eigenvalue weighted by Gasteiger charge is 2.23. The first-order valence-electron chi connectivity index (χ1n) is 10.3. The van der Waals surface area contributed by atoms with Crippen LogP contribution in [0.2, 0.25) is 0 Å². The van der Waals surface area contributed by atoms with Gasteiger partial charge in [0.25, 0.3) is 0 Å². The summed E-state index contributed by atoms with van der Waals surface area (Å²) < 4.78 is 0. The number of hydrogen-bond donors (Lipinski definition) is 0. The Balaban J connectivity index is 6.19. The molecule has 28 heavy (non-hydrogen) atoms. The van der Waals surface area contributed by atoms with Crippen LogP contribution in [0, 0.1) is 0 Å². The molecule has 0 fully saturated rings. The molecule has 0 saturated heterocycles. The second-order valence-electron chi connectivity index (χ2n) is 6.13. The van der Waals surface area contributed by atoms with E-state index in [2.05, 4.69) is 66.1 Å². The van der Waals surface area contributed by atoms with E-state index in [1.807, 2.05) is 26.1 Å². The van der Waals surface area contributed by atoms with Crippen LogP contribution in [0.4, 0.5) is 0 Å². The van der Waals surface area contributed by atoms with Gasteiger partial charge in [-0.2, -0.15) is 0 Å². The quantitative estimate of drug-likeness (QED) is 0.233. The van der Waals surface area contributed by atoms with Gasteiger partial charge in [0.15, 0.2) is 0 Å². The zero-order valence-electron chi connectivity index (χ0n) is 18.7. The van der Waals surface area contributed by atoms with Crippen molar-refractivity contribution >= 4 is 18.7 Å². The molecule has 0 saturated carbocycles. The van der Waals surface area contributed by atoms with Gasteiger partial charge in [0.05, 0.1) is 0 Å². The second-order valence-corrected chi connectivity index (χ2v) is 6.13. The average molecular weight is 390 g/mol. The van der Waals surface area contributed by atoms with Crippen LogP contribution in [0.25, 0.3) is 0 Å². The number of hydrazine groups is 2. The minimum Gasteiger partial charge on any atom is -0.299 e. The number of ketones is 1. The third-order valence-electron chi connectivity index (χ3n) is 4.37. The summed E-state index contributed by atoms with van der Waals surface area (Å²) in [5.74, 6) is 0.222. The molecule has 158 valence electrons. The van der Waals surface area contributed by atoms with Crippen molar-refractivity contribution in [2.45, 2.75) is 60.8 Å². The Bertz CT molecular complexity index is 592. The van der Waals surface area contributed by atoms with Crippen LogP contribution >= 0.6 is 0 Å². The van der Waals surface area contributed by atoms with Crippen molar-refractivity contribution < 1.29 is 4.79 Å². The van der Waals surface area contributed by atoms with Gasteiger partial charge in [-0.15, -0.1) is 5.12 Å². The number of likely N-dealkylation sites (N-methyl/N-ethyl adjacent to an activating group) is 1. The lowest BCUT2D eigenvalue weighted by molar-refractivity contribution is -0.140. The van der Waals surface area contributed by atoms with Gasteiger partial charge in [-0.25, -0.2) is 0 Å². The molecule has 6 nitrogen and oxygen atoms in total. The molecule has 6 heteroatoms. The maximum absolute atomic E-state index is 12.2. The fourth-order valence-corrected chi connectivity index (χ4v) is 3.04. The van der Waals surface area contributed by atoms with E-state index in [1.54, 1.807) is 6.20 Å². The highest BCUT2D eigenvalue weighted by Crippen LogP contribution is 2.22. The van der Waals surface area contributed by atoms with E-state index in [-0.39, 0.29) is 5.78 Å². The highest BCUT2D eigenvalue weighted by atomic mass is 16.1. The Hall–Kier alpha value is -2.21. The van der Waals surface area contributed by atoms with Gasteiger partial charge >= 0.3 is 0 Å². The summed E-state index contributed by atoms with van der Waals surface area (Å²) in [4.78, 5) is 20.4. The van der Waals surface area contributed by atoms with Crippen LogP contribution in [0.5, 0.6) is 0 Å². The SMILES string of the molecule is C=N/C=C\C(=C)N(CC)N(CC)N(CC)/C(CC)=C(\C=NCC)CC(=O)CC. The summed E-state index contributed by atoms with van der Waals surface area (Å²) in [5, 5.41) is 6.51. The number of rotatable bonds is 15. The number of nitrogens with zero attached hydrogens (tertiary/aromatic N) is 5. The molecule has 0 aliphatic rings. The van der Waals surface area contributed by atoms with Crippen molar-refractivity contribution in [1.29, 1.82) is 0 Å². The third kappa shape index (κ3) is 7.80. The van der Waals surface area contributed by atoms with Gasteiger partial charge in [-0.1, -0.05) is 20.4 Å². The Labute approximate surface area is 172 Å². The standard InChI is InChI=1S/C22H39N5O/c1-9-21(28)17-20(18-24-11-3)22(10-2)26(13-5)27(14-6)25(12-4)19(7)15-16-23-8/h15-16,18H,7-14,17H2,1-6H3/b16-15-,22-20-,24-18?. The normalized spacial score (nSPS) is 12.5. The lowest BCUT2D eigenvalue weighted by atomic mass is 10.0. The Morgan fingerprint density at radius 2 is 1.61 bits per heavy atom. The molecule has 0 amide bonds. The molecule has 0 atom stereocenters. The minimum absolute atomic E-state index is 0.222. The molecular formula is C22H39N5O. The van der Waals surface area contributed by atoms with Crippen molar-refractivity contribution in [1.82, 2.24) is 15.1 Å². The maximum atomic E-state index is 12.2. The van der Waals surface area contributed by atoms with Crippen molar-refractivity contribution in [3.63, 3.8) is 0 Å². The maximum Gasteiger partial charge on any atom is 0.137 e. The van der Waals surface area contributed by atoms with Crippen molar-refractivity contribution in [2.24, 2.45) is 9.98 Å². The molecule has 0 radical (unpaired) electrons. The van der Waals surface area contributed by atoms with Gasteiger partial charge in [-0.05, 0) is 52.5 Å². The van der Waals surface area contributed by atoms with E-state index in [4.69, 9.17) is 0 Å². The fraction of sp³-hybridized carbons (Fsp3) is 0.591. The first kappa shape index (κ1) is 25.8. The number of Topliss-reactive ketones (excluding diaryl/α,β-unsaturated/α-hetero) is 1. The molecule has 0 aromatic rings. The van der Waals surface area contributed by atoms with Crippen molar-refractivity contribution in [2.75, 3.05) is 26.2 Å². The monoisotopic (exact) mass is 389 g/mol. The Morgan fingerprint density at radius 3 is 2.04 bits per heavy atom. The summed E-state index contributed by atoms with van der Waals surface area (Å²) in [6.45, 7) is 23.0. The molecule has 0 aromatic carbocycles. The Kier molecular flexibility index (Phi) is 13.6.